The molecule has 0 radical (unpaired) electrons. The third-order valence-corrected chi connectivity index (χ3v) is 10.4. The molecule has 0 atom stereocenters. The fourth-order valence-electron chi connectivity index (χ4n) is 6.72. The number of aromatic amines is 1. The van der Waals surface area contributed by atoms with Crippen LogP contribution in [0.1, 0.15) is 80.1 Å². The number of fused-ring (bicyclic) bond motifs is 1. The second kappa shape index (κ2) is 15.1. The van der Waals surface area contributed by atoms with Crippen LogP contribution in [0.15, 0.2) is 18.2 Å². The van der Waals surface area contributed by atoms with Crippen LogP contribution in [0.5, 0.6) is 5.88 Å². The van der Waals surface area contributed by atoms with Gasteiger partial charge in [-0.3, -0.25) is 9.59 Å². The van der Waals surface area contributed by atoms with Crippen molar-refractivity contribution >= 4 is 57.7 Å². The lowest BCUT2D eigenvalue weighted by molar-refractivity contribution is -1.17. The summed E-state index contributed by atoms with van der Waals surface area (Å²) in [4.78, 5) is 35.3. The number of hydrogen-bond acceptors (Lipinski definition) is 6. The lowest BCUT2D eigenvalue weighted by atomic mass is 9.82. The fourth-order valence-corrected chi connectivity index (χ4v) is 7.25. The molecule has 2 heterocycles. The van der Waals surface area contributed by atoms with Crippen molar-refractivity contribution in [2.45, 2.75) is 89.4 Å². The molecule has 0 bridgehead atoms. The highest BCUT2D eigenvalue weighted by atomic mass is 35.5. The molecule has 3 N–H and O–H groups in total. The van der Waals surface area contributed by atoms with E-state index in [1.165, 1.54) is 18.2 Å². The van der Waals surface area contributed by atoms with E-state index in [1.54, 1.807) is 0 Å². The maximum atomic E-state index is 13.8. The molecule has 18 heteroatoms. The monoisotopic (exact) mass is 755 g/mol. The van der Waals surface area contributed by atoms with Crippen LogP contribution < -0.4 is 15.4 Å². The number of nitrogens with one attached hydrogen (secondary N) is 3. The molecule has 3 aromatic rings. The molecule has 1 aromatic carbocycles. The lowest BCUT2D eigenvalue weighted by Crippen LogP contribution is -2.48. The summed E-state index contributed by atoms with van der Waals surface area (Å²) in [5, 5.41) is 5.34. The molecule has 0 aliphatic heterocycles. The molecule has 5 rings (SSSR count). The number of carbonyl (C=O) groups is 2. The number of imidazole rings is 1. The molecule has 2 saturated carbocycles. The fraction of sp³-hybridized carbons (Fsp3) is 0.562. The second-order valence-corrected chi connectivity index (χ2v) is 13.8. The van der Waals surface area contributed by atoms with Gasteiger partial charge < -0.3 is 20.4 Å². The molecule has 2 aromatic heterocycles. The highest BCUT2D eigenvalue weighted by molar-refractivity contribution is 6.39. The second-order valence-electron chi connectivity index (χ2n) is 13.0. The van der Waals surface area contributed by atoms with Gasteiger partial charge in [0.25, 0.3) is 6.43 Å². The Morgan fingerprint density at radius 3 is 2.40 bits per heavy atom. The number of halogens is 9. The smallest absolute Gasteiger partial charge is 0.403 e. The number of pyridine rings is 1. The number of amides is 1. The van der Waals surface area contributed by atoms with Crippen LogP contribution >= 0.6 is 23.2 Å². The molecule has 2 fully saturated rings. The number of aromatic nitrogens is 3. The van der Waals surface area contributed by atoms with Gasteiger partial charge in [0.15, 0.2) is 24.1 Å². The van der Waals surface area contributed by atoms with Gasteiger partial charge in [-0.15, -0.1) is 0 Å². The number of alkyl halides is 5. The number of anilines is 2. The number of quaternary nitrogens is 1. The standard InChI is InChI=1S/C32H35Cl2F7N6O3/c1-47(40,41)19-8-4-17(5-9-19)6-11-23(48)20-14-22-27(45-28(20)50-16-24(35)36)46-30(43-22)44-26-21(33)10-7-18(25(26)34)15-42-29(49)31(32(37,38)39)12-2-3-13-31/h7,10,14,17,19,24H,2-6,8-9,11-13,15-16H2,1H3,(H2-,42,43,44,45,46,48,49)/p+1. The van der Waals surface area contributed by atoms with Gasteiger partial charge in [0, 0.05) is 34.8 Å². The maximum Gasteiger partial charge on any atom is 0.403 e. The SMILES string of the molecule is C[N+](F)(F)C1CCC(CCC(=O)c2cc3[nH]c(Nc4c(Cl)ccc(CNC(=O)C5(C(F)(F)F)CCCC5)c4Cl)nc3nc2OCC(F)F)CC1. The Kier molecular flexibility index (Phi) is 11.4. The zero-order valence-electron chi connectivity index (χ0n) is 26.9. The topological polar surface area (TPSA) is 109 Å². The molecular weight excluding hydrogens is 720 g/mol. The third-order valence-electron chi connectivity index (χ3n) is 9.61. The Morgan fingerprint density at radius 1 is 1.10 bits per heavy atom. The van der Waals surface area contributed by atoms with Crippen LogP contribution in [0, 0.1) is 11.3 Å². The maximum absolute atomic E-state index is 13.8. The summed E-state index contributed by atoms with van der Waals surface area (Å²) >= 11 is 12.9. The Labute approximate surface area is 292 Å². The summed E-state index contributed by atoms with van der Waals surface area (Å²) in [6.45, 7) is -1.34. The third kappa shape index (κ3) is 8.39. The van der Waals surface area contributed by atoms with Crippen LogP contribution in [0.2, 0.25) is 10.0 Å². The molecule has 2 aliphatic carbocycles. The summed E-state index contributed by atoms with van der Waals surface area (Å²) in [7, 11) is 0.854. The van der Waals surface area contributed by atoms with Gasteiger partial charge in [0.1, 0.15) is 12.5 Å². The minimum absolute atomic E-state index is 0.00469. The highest BCUT2D eigenvalue weighted by Crippen LogP contribution is 2.50. The van der Waals surface area contributed by atoms with E-state index in [2.05, 4.69) is 25.6 Å². The number of H-pyrrole nitrogens is 1. The van der Waals surface area contributed by atoms with Gasteiger partial charge >= 0.3 is 6.18 Å². The van der Waals surface area contributed by atoms with E-state index >= 15 is 0 Å². The van der Waals surface area contributed by atoms with E-state index in [9.17, 15) is 40.5 Å². The van der Waals surface area contributed by atoms with E-state index in [0.29, 0.717) is 32.1 Å². The molecule has 0 unspecified atom stereocenters. The van der Waals surface area contributed by atoms with Crippen molar-refractivity contribution in [2.24, 2.45) is 11.3 Å². The Balaban J connectivity index is 1.32. The van der Waals surface area contributed by atoms with Gasteiger partial charge in [-0.25, -0.2) is 8.78 Å². The molecule has 50 heavy (non-hydrogen) atoms. The van der Waals surface area contributed by atoms with E-state index in [4.69, 9.17) is 27.9 Å². The zero-order chi connectivity index (χ0) is 36.4. The van der Waals surface area contributed by atoms with Crippen molar-refractivity contribution in [1.82, 2.24) is 20.3 Å². The first-order chi connectivity index (χ1) is 23.5. The summed E-state index contributed by atoms with van der Waals surface area (Å²) < 4.78 is 100. The quantitative estimate of drug-likeness (QED) is 0.0913. The van der Waals surface area contributed by atoms with Crippen LogP contribution in [0.4, 0.5) is 42.6 Å². The van der Waals surface area contributed by atoms with Crippen molar-refractivity contribution in [3.63, 3.8) is 0 Å². The van der Waals surface area contributed by atoms with Gasteiger partial charge in [-0.05, 0) is 55.7 Å². The minimum Gasteiger partial charge on any atom is -0.471 e. The van der Waals surface area contributed by atoms with Crippen LogP contribution in [-0.4, -0.2) is 63.9 Å². The number of hydrogen-bond donors (Lipinski definition) is 3. The number of ether oxygens (including phenoxy) is 1. The van der Waals surface area contributed by atoms with Crippen LogP contribution in [-0.2, 0) is 11.3 Å². The lowest BCUT2D eigenvalue weighted by Gasteiger charge is -2.30. The molecule has 0 saturated heterocycles. The van der Waals surface area contributed by atoms with E-state index in [1.807, 2.05) is 0 Å². The first-order valence-electron chi connectivity index (χ1n) is 16.2. The van der Waals surface area contributed by atoms with Crippen LogP contribution in [0.25, 0.3) is 11.2 Å². The summed E-state index contributed by atoms with van der Waals surface area (Å²) in [6, 6.07) is 3.50. The number of rotatable bonds is 13. The van der Waals surface area contributed by atoms with E-state index in [-0.39, 0.29) is 94.4 Å². The Hall–Kier alpha value is -3.37. The van der Waals surface area contributed by atoms with Gasteiger partial charge in [-0.1, -0.05) is 42.1 Å². The number of ketones is 1. The largest absolute Gasteiger partial charge is 0.471 e. The molecule has 2 aliphatic rings. The average molecular weight is 757 g/mol. The first kappa shape index (κ1) is 37.9. The van der Waals surface area contributed by atoms with Crippen molar-refractivity contribution < 1.29 is 50.2 Å². The molecule has 274 valence electrons. The Morgan fingerprint density at radius 2 is 1.78 bits per heavy atom. The van der Waals surface area contributed by atoms with Gasteiger partial charge in [-0.2, -0.15) is 23.1 Å². The van der Waals surface area contributed by atoms with Crippen LogP contribution in [0.3, 0.4) is 0 Å². The first-order valence-corrected chi connectivity index (χ1v) is 16.9. The van der Waals surface area contributed by atoms with E-state index in [0.717, 1.165) is 7.05 Å². The van der Waals surface area contributed by atoms with Crippen molar-refractivity contribution in [1.29, 1.82) is 0 Å². The predicted molar refractivity (Wildman–Crippen MR) is 172 cm³/mol. The van der Waals surface area contributed by atoms with Crippen molar-refractivity contribution in [2.75, 3.05) is 19.0 Å². The normalized spacial score (nSPS) is 19.6. The molecule has 1 amide bonds. The molecule has 9 nitrogen and oxygen atoms in total. The Bertz CT molecular complexity index is 1700. The van der Waals surface area contributed by atoms with E-state index < -0.39 is 47.3 Å². The summed E-state index contributed by atoms with van der Waals surface area (Å²) in [5.74, 6) is -1.84. The highest BCUT2D eigenvalue weighted by Gasteiger charge is 2.60. The van der Waals surface area contributed by atoms with Crippen molar-refractivity contribution in [3.05, 3.63) is 39.4 Å². The molecular formula is C32H36Cl2F7N6O3+. The number of benzene rings is 1. The van der Waals surface area contributed by atoms with Crippen molar-refractivity contribution in [3.8, 4) is 5.88 Å². The zero-order valence-corrected chi connectivity index (χ0v) is 28.4. The van der Waals surface area contributed by atoms with Gasteiger partial charge in [0.2, 0.25) is 17.7 Å². The number of nitrogens with zero attached hydrogens (tertiary/aromatic N) is 3. The minimum atomic E-state index is -4.70. The van der Waals surface area contributed by atoms with Gasteiger partial charge in [0.05, 0.1) is 31.7 Å². The molecule has 0 spiro atoms. The number of Topliss-reactive ketones (excluding diaryl/α,β-unsaturated/α-hetero) is 1. The summed E-state index contributed by atoms with van der Waals surface area (Å²) in [6.07, 6.45) is -5.42. The summed E-state index contributed by atoms with van der Waals surface area (Å²) in [5.41, 5.74) is -1.93. The average Bonchev–Trinajstić information content (AvgIpc) is 3.71. The predicted octanol–water partition coefficient (Wildman–Crippen LogP) is 9.13. The number of carbonyl (C=O) groups excluding carboxylic acids is 2.